The van der Waals surface area contributed by atoms with E-state index in [4.69, 9.17) is 15.2 Å². The van der Waals surface area contributed by atoms with Crippen LogP contribution in [0.15, 0.2) is 23.1 Å². The lowest BCUT2D eigenvalue weighted by molar-refractivity contribution is -0.120. The van der Waals surface area contributed by atoms with E-state index in [2.05, 4.69) is 5.32 Å². The van der Waals surface area contributed by atoms with Gasteiger partial charge in [0.15, 0.2) is 11.5 Å². The Morgan fingerprint density at radius 2 is 2.05 bits per heavy atom. The lowest BCUT2D eigenvalue weighted by atomic mass is 10.3. The minimum atomic E-state index is 0.0615. The van der Waals surface area contributed by atoms with E-state index in [0.29, 0.717) is 31.0 Å². The fourth-order valence-corrected chi connectivity index (χ4v) is 2.46. The van der Waals surface area contributed by atoms with E-state index in [1.54, 1.807) is 26.0 Å². The van der Waals surface area contributed by atoms with Crippen molar-refractivity contribution < 1.29 is 14.3 Å². The zero-order valence-corrected chi connectivity index (χ0v) is 12.8. The van der Waals surface area contributed by atoms with E-state index in [9.17, 15) is 4.79 Å². The first kappa shape index (κ1) is 16.7. The van der Waals surface area contributed by atoms with Gasteiger partial charge in [-0.1, -0.05) is 0 Å². The lowest BCUT2D eigenvalue weighted by Crippen LogP contribution is -2.26. The van der Waals surface area contributed by atoms with E-state index >= 15 is 0 Å². The molecular formula is C14H22N2O3S. The second-order valence-corrected chi connectivity index (χ2v) is 5.28. The number of hydrogen-bond acceptors (Lipinski definition) is 5. The fourth-order valence-electron chi connectivity index (χ4n) is 1.59. The van der Waals surface area contributed by atoms with Crippen molar-refractivity contribution in [3.63, 3.8) is 0 Å². The van der Waals surface area contributed by atoms with Gasteiger partial charge in [0, 0.05) is 23.6 Å². The molecule has 20 heavy (non-hydrogen) atoms. The molecule has 0 aliphatic heterocycles. The molecule has 1 amide bonds. The van der Waals surface area contributed by atoms with E-state index in [1.165, 1.54) is 0 Å². The zero-order valence-electron chi connectivity index (χ0n) is 12.0. The molecule has 0 atom stereocenters. The number of benzene rings is 1. The molecule has 0 spiro atoms. The zero-order chi connectivity index (χ0) is 14.8. The summed E-state index contributed by atoms with van der Waals surface area (Å²) in [6, 6.07) is 5.73. The van der Waals surface area contributed by atoms with Crippen LogP contribution in [0.3, 0.4) is 0 Å². The molecule has 5 nitrogen and oxygen atoms in total. The number of thioether (sulfide) groups is 1. The van der Waals surface area contributed by atoms with Crippen molar-refractivity contribution in [2.24, 2.45) is 5.73 Å². The summed E-state index contributed by atoms with van der Waals surface area (Å²) in [7, 11) is 3.22. The number of amides is 1. The molecule has 6 heteroatoms. The Balaban J connectivity index is 2.36. The molecule has 0 aliphatic rings. The molecule has 3 N–H and O–H groups in total. The second kappa shape index (κ2) is 9.50. The van der Waals surface area contributed by atoms with Crippen LogP contribution in [-0.4, -0.2) is 39.0 Å². The van der Waals surface area contributed by atoms with Crippen LogP contribution >= 0.6 is 11.8 Å². The van der Waals surface area contributed by atoms with E-state index < -0.39 is 0 Å². The molecule has 0 radical (unpaired) electrons. The molecule has 1 aromatic rings. The Kier molecular flexibility index (Phi) is 7.91. The molecular weight excluding hydrogens is 276 g/mol. The van der Waals surface area contributed by atoms with Gasteiger partial charge in [0.05, 0.1) is 14.2 Å². The average Bonchev–Trinajstić information content (AvgIpc) is 2.47. The van der Waals surface area contributed by atoms with Crippen LogP contribution in [0.5, 0.6) is 11.5 Å². The van der Waals surface area contributed by atoms with Gasteiger partial charge >= 0.3 is 0 Å². The highest BCUT2D eigenvalue weighted by molar-refractivity contribution is 7.99. The Morgan fingerprint density at radius 1 is 1.30 bits per heavy atom. The van der Waals surface area contributed by atoms with Gasteiger partial charge in [0.2, 0.25) is 5.91 Å². The normalized spacial score (nSPS) is 10.2. The number of carbonyl (C=O) groups is 1. The summed E-state index contributed by atoms with van der Waals surface area (Å²) in [5.41, 5.74) is 5.36. The summed E-state index contributed by atoms with van der Waals surface area (Å²) in [6.45, 7) is 1.25. The molecule has 0 bridgehead atoms. The van der Waals surface area contributed by atoms with Gasteiger partial charge in [-0.25, -0.2) is 0 Å². The van der Waals surface area contributed by atoms with Crippen molar-refractivity contribution >= 4 is 17.7 Å². The van der Waals surface area contributed by atoms with Crippen molar-refractivity contribution in [3.8, 4) is 11.5 Å². The summed E-state index contributed by atoms with van der Waals surface area (Å²) < 4.78 is 10.4. The predicted octanol–water partition coefficient (Wildman–Crippen LogP) is 1.65. The van der Waals surface area contributed by atoms with Gasteiger partial charge in [-0.05, 0) is 31.2 Å². The molecule has 1 rings (SSSR count). The predicted molar refractivity (Wildman–Crippen MR) is 81.6 cm³/mol. The maximum atomic E-state index is 11.5. The van der Waals surface area contributed by atoms with Crippen molar-refractivity contribution in [1.29, 1.82) is 0 Å². The standard InChI is InChI=1S/C14H22N2O3S/c1-18-12-5-4-11(10-13(12)19-2)20-9-6-14(17)16-8-3-7-15/h4-5,10H,3,6-9,15H2,1-2H3,(H,16,17). The smallest absolute Gasteiger partial charge is 0.220 e. The molecule has 0 aliphatic carbocycles. The van der Waals surface area contributed by atoms with Crippen LogP contribution in [-0.2, 0) is 4.79 Å². The summed E-state index contributed by atoms with van der Waals surface area (Å²) in [4.78, 5) is 12.6. The number of nitrogens with one attached hydrogen (secondary N) is 1. The largest absolute Gasteiger partial charge is 0.493 e. The Labute approximate surface area is 124 Å². The van der Waals surface area contributed by atoms with Gasteiger partial charge in [-0.2, -0.15) is 0 Å². The molecule has 0 unspecified atom stereocenters. The number of carbonyl (C=O) groups excluding carboxylic acids is 1. The van der Waals surface area contributed by atoms with Crippen molar-refractivity contribution in [2.75, 3.05) is 33.1 Å². The topological polar surface area (TPSA) is 73.6 Å². The van der Waals surface area contributed by atoms with Crippen LogP contribution in [0.1, 0.15) is 12.8 Å². The van der Waals surface area contributed by atoms with Crippen LogP contribution in [0.25, 0.3) is 0 Å². The third-order valence-corrected chi connectivity index (χ3v) is 3.65. The second-order valence-electron chi connectivity index (χ2n) is 4.11. The van der Waals surface area contributed by atoms with Gasteiger partial charge < -0.3 is 20.5 Å². The first-order chi connectivity index (χ1) is 9.71. The maximum Gasteiger partial charge on any atom is 0.220 e. The molecule has 0 aromatic heterocycles. The minimum absolute atomic E-state index is 0.0615. The molecule has 1 aromatic carbocycles. The Hall–Kier alpha value is -1.40. The number of nitrogens with two attached hydrogens (primary N) is 1. The molecule has 0 fully saturated rings. The number of ether oxygens (including phenoxy) is 2. The van der Waals surface area contributed by atoms with Crippen LogP contribution < -0.4 is 20.5 Å². The highest BCUT2D eigenvalue weighted by Crippen LogP contribution is 2.31. The van der Waals surface area contributed by atoms with Gasteiger partial charge in [-0.3, -0.25) is 4.79 Å². The van der Waals surface area contributed by atoms with Crippen molar-refractivity contribution in [2.45, 2.75) is 17.7 Å². The summed E-state index contributed by atoms with van der Waals surface area (Å²) in [6.07, 6.45) is 1.30. The first-order valence-electron chi connectivity index (χ1n) is 6.53. The first-order valence-corrected chi connectivity index (χ1v) is 7.51. The molecule has 0 heterocycles. The summed E-state index contributed by atoms with van der Waals surface area (Å²) >= 11 is 1.62. The van der Waals surface area contributed by atoms with Gasteiger partial charge in [0.1, 0.15) is 0 Å². The number of hydrogen-bond donors (Lipinski definition) is 2. The van der Waals surface area contributed by atoms with Crippen LogP contribution in [0.2, 0.25) is 0 Å². The maximum absolute atomic E-state index is 11.5. The minimum Gasteiger partial charge on any atom is -0.493 e. The van der Waals surface area contributed by atoms with Crippen LogP contribution in [0.4, 0.5) is 0 Å². The third kappa shape index (κ3) is 5.71. The van der Waals surface area contributed by atoms with Gasteiger partial charge in [-0.15, -0.1) is 11.8 Å². The molecule has 0 saturated heterocycles. The van der Waals surface area contributed by atoms with E-state index in [-0.39, 0.29) is 5.91 Å². The molecule has 112 valence electrons. The van der Waals surface area contributed by atoms with E-state index in [0.717, 1.165) is 17.1 Å². The van der Waals surface area contributed by atoms with Gasteiger partial charge in [0.25, 0.3) is 0 Å². The average molecular weight is 298 g/mol. The highest BCUT2D eigenvalue weighted by Gasteiger charge is 2.06. The Morgan fingerprint density at radius 3 is 2.70 bits per heavy atom. The summed E-state index contributed by atoms with van der Waals surface area (Å²) in [5, 5.41) is 2.83. The fraction of sp³-hybridized carbons (Fsp3) is 0.500. The highest BCUT2D eigenvalue weighted by atomic mass is 32.2. The summed E-state index contributed by atoms with van der Waals surface area (Å²) in [5.74, 6) is 2.19. The Bertz CT molecular complexity index is 427. The lowest BCUT2D eigenvalue weighted by Gasteiger charge is -2.09. The monoisotopic (exact) mass is 298 g/mol. The molecule has 0 saturated carbocycles. The quantitative estimate of drug-likeness (QED) is 0.536. The van der Waals surface area contributed by atoms with Crippen molar-refractivity contribution in [3.05, 3.63) is 18.2 Å². The third-order valence-electron chi connectivity index (χ3n) is 2.66. The van der Waals surface area contributed by atoms with Crippen molar-refractivity contribution in [1.82, 2.24) is 5.32 Å². The van der Waals surface area contributed by atoms with Crippen LogP contribution in [0, 0.1) is 0 Å². The number of rotatable bonds is 9. The van der Waals surface area contributed by atoms with E-state index in [1.807, 2.05) is 18.2 Å². The number of methoxy groups -OCH3 is 2. The SMILES string of the molecule is COc1ccc(SCCC(=O)NCCCN)cc1OC.